The van der Waals surface area contributed by atoms with E-state index in [9.17, 15) is 13.2 Å². The Bertz CT molecular complexity index is 398. The van der Waals surface area contributed by atoms with Gasteiger partial charge in [0, 0.05) is 10.6 Å². The summed E-state index contributed by atoms with van der Waals surface area (Å²) in [6, 6.07) is 2.43. The molecule has 3 nitrogen and oxygen atoms in total. The van der Waals surface area contributed by atoms with Crippen molar-refractivity contribution >= 4 is 11.6 Å². The minimum Gasteiger partial charge on any atom is -0.496 e. The molecule has 2 atom stereocenters. The molecule has 1 aromatic carbocycles. The van der Waals surface area contributed by atoms with Crippen LogP contribution in [0.3, 0.4) is 0 Å². The number of rotatable bonds is 3. The lowest BCUT2D eigenvalue weighted by atomic mass is 10.0. The van der Waals surface area contributed by atoms with Gasteiger partial charge in [-0.25, -0.2) is 0 Å². The molecule has 17 heavy (non-hydrogen) atoms. The minimum absolute atomic E-state index is 0.00447. The molecule has 0 heterocycles. The standard InChI is InChI=1S/C10H11ClF3NO2/c1-17-7-3-2-5(11)4-6(7)8(15)9(16)10(12,13)14/h2-4,8-9,16H,15H2,1H3/t8-,9-/m1/s1. The number of nitrogens with two attached hydrogens (primary N) is 1. The maximum Gasteiger partial charge on any atom is 0.416 e. The highest BCUT2D eigenvalue weighted by atomic mass is 35.5. The van der Waals surface area contributed by atoms with Crippen molar-refractivity contribution in [3.63, 3.8) is 0 Å². The first-order valence-electron chi connectivity index (χ1n) is 4.61. The third-order valence-corrected chi connectivity index (χ3v) is 2.46. The third kappa shape index (κ3) is 3.24. The second-order valence-corrected chi connectivity index (χ2v) is 3.83. The Hall–Kier alpha value is -0.980. The van der Waals surface area contributed by atoms with Crippen molar-refractivity contribution in [3.8, 4) is 5.75 Å². The third-order valence-electron chi connectivity index (χ3n) is 2.23. The number of halogens is 4. The molecule has 0 unspecified atom stereocenters. The first-order valence-corrected chi connectivity index (χ1v) is 4.99. The van der Waals surface area contributed by atoms with Crippen LogP contribution in [0.1, 0.15) is 11.6 Å². The zero-order valence-corrected chi connectivity index (χ0v) is 9.59. The lowest BCUT2D eigenvalue weighted by Gasteiger charge is -2.23. The van der Waals surface area contributed by atoms with Crippen molar-refractivity contribution in [1.82, 2.24) is 0 Å². The fourth-order valence-corrected chi connectivity index (χ4v) is 1.52. The quantitative estimate of drug-likeness (QED) is 0.885. The van der Waals surface area contributed by atoms with E-state index in [4.69, 9.17) is 27.2 Å². The number of hydrogen-bond donors (Lipinski definition) is 2. The van der Waals surface area contributed by atoms with Crippen LogP contribution in [0.4, 0.5) is 13.2 Å². The predicted octanol–water partition coefficient (Wildman–Crippen LogP) is 2.27. The van der Waals surface area contributed by atoms with Crippen LogP contribution in [0.15, 0.2) is 18.2 Å². The summed E-state index contributed by atoms with van der Waals surface area (Å²) in [4.78, 5) is 0. The van der Waals surface area contributed by atoms with E-state index in [-0.39, 0.29) is 16.3 Å². The molecule has 0 aliphatic carbocycles. The van der Waals surface area contributed by atoms with E-state index in [0.29, 0.717) is 0 Å². The zero-order chi connectivity index (χ0) is 13.2. The van der Waals surface area contributed by atoms with Gasteiger partial charge in [-0.15, -0.1) is 0 Å². The minimum atomic E-state index is -4.80. The van der Waals surface area contributed by atoms with Gasteiger partial charge in [0.1, 0.15) is 5.75 Å². The Kier molecular flexibility index (Phi) is 4.24. The smallest absolute Gasteiger partial charge is 0.416 e. The molecule has 0 saturated carbocycles. The van der Waals surface area contributed by atoms with Crippen molar-refractivity contribution in [2.75, 3.05) is 7.11 Å². The highest BCUT2D eigenvalue weighted by molar-refractivity contribution is 6.30. The largest absolute Gasteiger partial charge is 0.496 e. The van der Waals surface area contributed by atoms with Crippen LogP contribution in [-0.2, 0) is 0 Å². The summed E-state index contributed by atoms with van der Waals surface area (Å²) >= 11 is 5.66. The Balaban J connectivity index is 3.10. The normalized spacial score (nSPS) is 15.5. The number of alkyl halides is 3. The van der Waals surface area contributed by atoms with Crippen molar-refractivity contribution in [2.24, 2.45) is 5.73 Å². The topological polar surface area (TPSA) is 55.5 Å². The average molecular weight is 270 g/mol. The molecule has 0 bridgehead atoms. The summed E-state index contributed by atoms with van der Waals surface area (Å²) in [6.45, 7) is 0. The lowest BCUT2D eigenvalue weighted by Crippen LogP contribution is -2.39. The molecule has 0 aliphatic heterocycles. The van der Waals surface area contributed by atoms with Gasteiger partial charge in [-0.3, -0.25) is 0 Å². The first-order chi connectivity index (χ1) is 7.77. The van der Waals surface area contributed by atoms with Crippen molar-refractivity contribution in [3.05, 3.63) is 28.8 Å². The van der Waals surface area contributed by atoms with Gasteiger partial charge in [-0.2, -0.15) is 13.2 Å². The van der Waals surface area contributed by atoms with Crippen LogP contribution in [0.2, 0.25) is 5.02 Å². The molecule has 96 valence electrons. The molecule has 0 aromatic heterocycles. The van der Waals surface area contributed by atoms with Crippen molar-refractivity contribution in [1.29, 1.82) is 0 Å². The fourth-order valence-electron chi connectivity index (χ4n) is 1.34. The number of aliphatic hydroxyl groups is 1. The van der Waals surface area contributed by atoms with E-state index in [1.807, 2.05) is 0 Å². The van der Waals surface area contributed by atoms with Crippen LogP contribution >= 0.6 is 11.6 Å². The van der Waals surface area contributed by atoms with Crippen LogP contribution in [0, 0.1) is 0 Å². The van der Waals surface area contributed by atoms with Gasteiger partial charge in [0.05, 0.1) is 13.2 Å². The second-order valence-electron chi connectivity index (χ2n) is 3.40. The Morgan fingerprint density at radius 3 is 2.47 bits per heavy atom. The maximum absolute atomic E-state index is 12.3. The molecule has 0 spiro atoms. The second kappa shape index (κ2) is 5.12. The molecule has 0 saturated heterocycles. The monoisotopic (exact) mass is 269 g/mol. The van der Waals surface area contributed by atoms with Gasteiger partial charge < -0.3 is 15.6 Å². The number of ether oxygens (including phenoxy) is 1. The summed E-state index contributed by atoms with van der Waals surface area (Å²) in [6.07, 6.45) is -7.47. The first kappa shape index (κ1) is 14.1. The van der Waals surface area contributed by atoms with Gasteiger partial charge in [0.15, 0.2) is 6.10 Å². The van der Waals surface area contributed by atoms with E-state index in [1.54, 1.807) is 0 Å². The van der Waals surface area contributed by atoms with Gasteiger partial charge in [0.2, 0.25) is 0 Å². The van der Waals surface area contributed by atoms with E-state index in [0.717, 1.165) is 0 Å². The van der Waals surface area contributed by atoms with Crippen LogP contribution < -0.4 is 10.5 Å². The Labute approximate surface area is 101 Å². The van der Waals surface area contributed by atoms with E-state index in [2.05, 4.69) is 0 Å². The average Bonchev–Trinajstić information content (AvgIpc) is 2.25. The molecule has 1 aromatic rings. The highest BCUT2D eigenvalue weighted by Gasteiger charge is 2.43. The van der Waals surface area contributed by atoms with E-state index in [1.165, 1.54) is 25.3 Å². The van der Waals surface area contributed by atoms with Crippen molar-refractivity contribution < 1.29 is 23.0 Å². The Morgan fingerprint density at radius 2 is 2.00 bits per heavy atom. The molecule has 0 radical (unpaired) electrons. The van der Waals surface area contributed by atoms with Crippen LogP contribution in [0.5, 0.6) is 5.75 Å². The summed E-state index contributed by atoms with van der Waals surface area (Å²) in [5, 5.41) is 9.28. The van der Waals surface area contributed by atoms with Gasteiger partial charge in [0.25, 0.3) is 0 Å². The molecule has 0 fully saturated rings. The molecule has 1 rings (SSSR count). The molecular formula is C10H11ClF3NO2. The highest BCUT2D eigenvalue weighted by Crippen LogP contribution is 2.34. The number of methoxy groups -OCH3 is 1. The SMILES string of the molecule is COc1ccc(Cl)cc1[C@@H](N)[C@@H](O)C(F)(F)F. The number of benzene rings is 1. The fraction of sp³-hybridized carbons (Fsp3) is 0.400. The van der Waals surface area contributed by atoms with Gasteiger partial charge in [-0.05, 0) is 18.2 Å². The molecule has 7 heteroatoms. The zero-order valence-electron chi connectivity index (χ0n) is 8.83. The molecule has 0 amide bonds. The van der Waals surface area contributed by atoms with Crippen molar-refractivity contribution in [2.45, 2.75) is 18.3 Å². The van der Waals surface area contributed by atoms with E-state index >= 15 is 0 Å². The van der Waals surface area contributed by atoms with Gasteiger partial charge in [-0.1, -0.05) is 11.6 Å². The lowest BCUT2D eigenvalue weighted by molar-refractivity contribution is -0.210. The summed E-state index contributed by atoms with van der Waals surface area (Å²) in [5.74, 6) is 0.144. The summed E-state index contributed by atoms with van der Waals surface area (Å²) in [5.41, 5.74) is 5.37. The molecular weight excluding hydrogens is 259 g/mol. The van der Waals surface area contributed by atoms with Gasteiger partial charge >= 0.3 is 6.18 Å². The summed E-state index contributed by atoms with van der Waals surface area (Å²) < 4.78 is 41.8. The Morgan fingerprint density at radius 1 is 1.41 bits per heavy atom. The molecule has 0 aliphatic rings. The summed E-state index contributed by atoms with van der Waals surface area (Å²) in [7, 11) is 1.29. The van der Waals surface area contributed by atoms with Crippen LogP contribution in [0.25, 0.3) is 0 Å². The predicted molar refractivity (Wildman–Crippen MR) is 57.0 cm³/mol. The van der Waals surface area contributed by atoms with Crippen LogP contribution in [-0.4, -0.2) is 24.5 Å². The number of aliphatic hydroxyl groups excluding tert-OH is 1. The van der Waals surface area contributed by atoms with E-state index < -0.39 is 18.3 Å². The maximum atomic E-state index is 12.3. The molecule has 3 N–H and O–H groups in total. The number of hydrogen-bond acceptors (Lipinski definition) is 3.